The third-order valence-corrected chi connectivity index (χ3v) is 12.4. The maximum Gasteiger partial charge on any atom is 0.407 e. The van der Waals surface area contributed by atoms with E-state index < -0.39 is 24.2 Å². The van der Waals surface area contributed by atoms with Crippen LogP contribution in [0.3, 0.4) is 0 Å². The number of rotatable bonds is 12. The lowest BCUT2D eigenvalue weighted by atomic mass is 9.98. The van der Waals surface area contributed by atoms with E-state index in [-0.39, 0.29) is 35.7 Å². The Kier molecular flexibility index (Phi) is 12.4. The van der Waals surface area contributed by atoms with E-state index in [1.165, 1.54) is 12.0 Å². The van der Waals surface area contributed by atoms with E-state index in [0.29, 0.717) is 18.9 Å². The second-order valence-electron chi connectivity index (χ2n) is 17.0. The molecule has 4 heterocycles. The van der Waals surface area contributed by atoms with Crippen LogP contribution >= 0.6 is 0 Å². The first-order valence-corrected chi connectivity index (χ1v) is 21.7. The minimum Gasteiger partial charge on any atom is -0.453 e. The number of hydrogen-bond acceptors (Lipinski definition) is 8. The SMILES string of the molecule is COC(=O)NC(C(=O)N1CCCC1c1ncc(-c2ccc3cc(-c4ccc(-c5cnc(C6CCCN6C(=O)C(c6ccccc6)N(C)C(=O)C(C)N)[nH]5)cc4)ccc3c2)[nH]1)C(C)C. The quantitative estimate of drug-likeness (QED) is 0.0974. The van der Waals surface area contributed by atoms with E-state index in [4.69, 9.17) is 20.4 Å². The van der Waals surface area contributed by atoms with E-state index in [1.54, 1.807) is 14.0 Å². The van der Waals surface area contributed by atoms with Crippen LogP contribution < -0.4 is 11.1 Å². The standard InChI is InChI=1S/C49H55N9O5/c1-29(2)42(55-49(62)63-5)47(60)57-23-9-13-40(57)44-52-28-39(54-44)37-22-21-35-25-34(19-20-36(35)26-37)31-15-17-32(18-16-31)38-27-51-45(53-38)41-14-10-24-58(41)48(61)43(33-11-7-6-8-12-33)56(4)46(59)30(3)50/h6-8,11-12,15-22,25-30,40-43H,9-10,13-14,23-24,50H2,1-5H3,(H,51,53)(H,52,54)(H,55,62). The van der Waals surface area contributed by atoms with Gasteiger partial charge in [0.15, 0.2) is 0 Å². The Balaban J connectivity index is 0.948. The Labute approximate surface area is 367 Å². The number of hydrogen-bond donors (Lipinski definition) is 4. The summed E-state index contributed by atoms with van der Waals surface area (Å²) in [6.45, 7) is 6.60. The molecule has 4 aromatic carbocycles. The molecule has 5 N–H and O–H groups in total. The molecule has 8 rings (SSSR count). The van der Waals surface area contributed by atoms with Crippen molar-refractivity contribution in [1.29, 1.82) is 0 Å². The number of likely N-dealkylation sites (tertiary alicyclic amines) is 2. The number of ether oxygens (including phenoxy) is 1. The monoisotopic (exact) mass is 849 g/mol. The van der Waals surface area contributed by atoms with Gasteiger partial charge in [0, 0.05) is 25.7 Å². The number of carbonyl (C=O) groups is 4. The molecule has 5 atom stereocenters. The summed E-state index contributed by atoms with van der Waals surface area (Å²) in [5.74, 6) is 0.742. The fourth-order valence-electron chi connectivity index (χ4n) is 9.02. The molecular weight excluding hydrogens is 795 g/mol. The zero-order valence-electron chi connectivity index (χ0n) is 36.4. The minimum absolute atomic E-state index is 0.109. The molecule has 2 saturated heterocycles. The first-order valence-electron chi connectivity index (χ1n) is 21.7. The van der Waals surface area contributed by atoms with Crippen LogP contribution in [-0.2, 0) is 19.1 Å². The van der Waals surface area contributed by atoms with Gasteiger partial charge >= 0.3 is 6.09 Å². The summed E-state index contributed by atoms with van der Waals surface area (Å²) in [5, 5.41) is 4.89. The van der Waals surface area contributed by atoms with Gasteiger partial charge in [0.2, 0.25) is 11.8 Å². The largest absolute Gasteiger partial charge is 0.453 e. The van der Waals surface area contributed by atoms with Crippen LogP contribution in [0, 0.1) is 5.92 Å². The summed E-state index contributed by atoms with van der Waals surface area (Å²) in [5.41, 5.74) is 12.6. The predicted octanol–water partition coefficient (Wildman–Crippen LogP) is 7.54. The summed E-state index contributed by atoms with van der Waals surface area (Å²) in [6, 6.07) is 27.8. The van der Waals surface area contributed by atoms with Crippen LogP contribution in [-0.4, -0.2) is 97.8 Å². The van der Waals surface area contributed by atoms with E-state index in [2.05, 4.69) is 75.9 Å². The lowest BCUT2D eigenvalue weighted by Crippen LogP contribution is -2.51. The number of alkyl carbamates (subject to hydrolysis) is 1. The molecule has 0 spiro atoms. The number of methoxy groups -OCH3 is 1. The number of nitrogens with zero attached hydrogens (tertiary/aromatic N) is 5. The molecule has 0 saturated carbocycles. The van der Waals surface area contributed by atoms with Crippen molar-refractivity contribution >= 4 is 34.6 Å². The predicted molar refractivity (Wildman–Crippen MR) is 242 cm³/mol. The van der Waals surface area contributed by atoms with Crippen LogP contribution in [0.5, 0.6) is 0 Å². The summed E-state index contributed by atoms with van der Waals surface area (Å²) >= 11 is 0. The van der Waals surface area contributed by atoms with Crippen LogP contribution in [0.2, 0.25) is 0 Å². The number of benzene rings is 4. The van der Waals surface area contributed by atoms with Gasteiger partial charge in [-0.05, 0) is 83.7 Å². The molecule has 5 unspecified atom stereocenters. The maximum absolute atomic E-state index is 14.3. The number of carbonyl (C=O) groups excluding carboxylic acids is 4. The number of imidazole rings is 2. The van der Waals surface area contributed by atoms with Gasteiger partial charge in [0.05, 0.1) is 49.0 Å². The highest BCUT2D eigenvalue weighted by Gasteiger charge is 2.40. The number of amides is 4. The van der Waals surface area contributed by atoms with Crippen molar-refractivity contribution < 1.29 is 23.9 Å². The first kappa shape index (κ1) is 42.9. The van der Waals surface area contributed by atoms with Gasteiger partial charge in [-0.25, -0.2) is 14.8 Å². The highest BCUT2D eigenvalue weighted by atomic mass is 16.5. The molecule has 2 aliphatic heterocycles. The lowest BCUT2D eigenvalue weighted by molar-refractivity contribution is -0.146. The summed E-state index contributed by atoms with van der Waals surface area (Å²) in [7, 11) is 2.93. The van der Waals surface area contributed by atoms with Crippen molar-refractivity contribution in [2.75, 3.05) is 27.2 Å². The summed E-state index contributed by atoms with van der Waals surface area (Å²) in [4.78, 5) is 74.5. The van der Waals surface area contributed by atoms with Gasteiger partial charge in [0.1, 0.15) is 23.7 Å². The smallest absolute Gasteiger partial charge is 0.407 e. The van der Waals surface area contributed by atoms with Crippen LogP contribution in [0.1, 0.15) is 81.8 Å². The first-order chi connectivity index (χ1) is 30.4. The number of fused-ring (bicyclic) bond motifs is 1. The second-order valence-corrected chi connectivity index (χ2v) is 17.0. The van der Waals surface area contributed by atoms with Gasteiger partial charge in [-0.2, -0.15) is 0 Å². The Bertz CT molecular complexity index is 2600. The van der Waals surface area contributed by atoms with Gasteiger partial charge in [0.25, 0.3) is 5.91 Å². The Morgan fingerprint density at radius 3 is 1.83 bits per heavy atom. The molecule has 2 fully saturated rings. The lowest BCUT2D eigenvalue weighted by Gasteiger charge is -2.34. The number of likely N-dealkylation sites (N-methyl/N-ethyl adjacent to an activating group) is 1. The molecule has 326 valence electrons. The second kappa shape index (κ2) is 18.3. The molecule has 63 heavy (non-hydrogen) atoms. The Hall–Kier alpha value is -6.80. The number of aromatic amines is 2. The fourth-order valence-corrected chi connectivity index (χ4v) is 9.02. The van der Waals surface area contributed by atoms with Crippen LogP contribution in [0.15, 0.2) is 103 Å². The van der Waals surface area contributed by atoms with E-state index in [0.717, 1.165) is 81.5 Å². The highest BCUT2D eigenvalue weighted by Crippen LogP contribution is 2.37. The van der Waals surface area contributed by atoms with Crippen molar-refractivity contribution in [2.45, 2.75) is 76.7 Å². The third kappa shape index (κ3) is 8.81. The average molecular weight is 850 g/mol. The van der Waals surface area contributed by atoms with Crippen LogP contribution in [0.4, 0.5) is 4.79 Å². The molecule has 6 aromatic rings. The molecule has 2 aliphatic rings. The van der Waals surface area contributed by atoms with E-state index in [9.17, 15) is 19.2 Å². The van der Waals surface area contributed by atoms with Gasteiger partial charge in [-0.1, -0.05) is 92.7 Å². The number of nitrogens with one attached hydrogen (secondary N) is 3. The summed E-state index contributed by atoms with van der Waals surface area (Å²) in [6.07, 6.45) is 6.23. The number of nitrogens with two attached hydrogens (primary N) is 1. The number of aromatic nitrogens is 4. The topological polar surface area (TPSA) is 183 Å². The fraction of sp³-hybridized carbons (Fsp3) is 0.347. The normalized spacial score (nSPS) is 17.8. The molecule has 14 heteroatoms. The van der Waals surface area contributed by atoms with Crippen molar-refractivity contribution in [1.82, 2.24) is 40.0 Å². The molecule has 0 bridgehead atoms. The Morgan fingerprint density at radius 1 is 0.730 bits per heavy atom. The summed E-state index contributed by atoms with van der Waals surface area (Å²) < 4.78 is 4.77. The molecule has 4 amide bonds. The molecular formula is C49H55N9O5. The van der Waals surface area contributed by atoms with E-state index in [1.807, 2.05) is 66.4 Å². The third-order valence-electron chi connectivity index (χ3n) is 12.4. The van der Waals surface area contributed by atoms with Crippen molar-refractivity contribution in [2.24, 2.45) is 11.7 Å². The Morgan fingerprint density at radius 2 is 1.25 bits per heavy atom. The van der Waals surface area contributed by atoms with Crippen molar-refractivity contribution in [3.8, 4) is 33.6 Å². The maximum atomic E-state index is 14.3. The van der Waals surface area contributed by atoms with Gasteiger partial charge < -0.3 is 40.5 Å². The van der Waals surface area contributed by atoms with Gasteiger partial charge in [-0.15, -0.1) is 0 Å². The molecule has 14 nitrogen and oxygen atoms in total. The zero-order chi connectivity index (χ0) is 44.4. The highest BCUT2D eigenvalue weighted by molar-refractivity contribution is 5.92. The number of H-pyrrole nitrogens is 2. The van der Waals surface area contributed by atoms with Crippen molar-refractivity contribution in [3.05, 3.63) is 121 Å². The van der Waals surface area contributed by atoms with Crippen LogP contribution in [0.25, 0.3) is 44.4 Å². The van der Waals surface area contributed by atoms with Gasteiger partial charge in [-0.3, -0.25) is 14.4 Å². The molecule has 0 aliphatic carbocycles. The average Bonchev–Trinajstić information content (AvgIpc) is 4.15. The minimum atomic E-state index is -0.800. The zero-order valence-corrected chi connectivity index (χ0v) is 36.4. The molecule has 2 aromatic heterocycles. The van der Waals surface area contributed by atoms with Crippen molar-refractivity contribution in [3.63, 3.8) is 0 Å². The van der Waals surface area contributed by atoms with E-state index >= 15 is 0 Å². The molecule has 0 radical (unpaired) electrons.